The monoisotopic (exact) mass is 435 g/mol. The van der Waals surface area contributed by atoms with E-state index >= 15 is 0 Å². The summed E-state index contributed by atoms with van der Waals surface area (Å²) in [5.41, 5.74) is 1.92. The first kappa shape index (κ1) is 21.2. The average Bonchev–Trinajstić information content (AvgIpc) is 2.74. The first-order chi connectivity index (χ1) is 13.9. The lowest BCUT2D eigenvalue weighted by molar-refractivity contribution is -0.122. The summed E-state index contributed by atoms with van der Waals surface area (Å²) < 4.78 is 0. The Balaban J connectivity index is 1.45. The molecule has 3 rings (SSSR count). The Bertz CT molecular complexity index is 857. The lowest BCUT2D eigenvalue weighted by atomic mass is 10.2. The van der Waals surface area contributed by atoms with Crippen LogP contribution in [0.2, 0.25) is 10.0 Å². The van der Waals surface area contributed by atoms with Gasteiger partial charge >= 0.3 is 6.03 Å². The molecule has 7 nitrogen and oxygen atoms in total. The molecule has 2 heterocycles. The van der Waals surface area contributed by atoms with E-state index in [0.717, 1.165) is 11.3 Å². The number of carbonyl (C=O) groups is 2. The highest BCUT2D eigenvalue weighted by Gasteiger charge is 2.24. The number of anilines is 1. The summed E-state index contributed by atoms with van der Waals surface area (Å²) in [7, 11) is 0. The van der Waals surface area contributed by atoms with Crippen molar-refractivity contribution in [1.29, 1.82) is 0 Å². The molecule has 0 bridgehead atoms. The molecule has 0 unspecified atom stereocenters. The highest BCUT2D eigenvalue weighted by atomic mass is 35.5. The van der Waals surface area contributed by atoms with Gasteiger partial charge in [-0.15, -0.1) is 0 Å². The van der Waals surface area contributed by atoms with Crippen LogP contribution in [0.25, 0.3) is 0 Å². The SMILES string of the molecule is C[C@H](NC(=O)N1CCN(c2ccc(Cl)c(Cl)c2)CC1)C(=O)NCc1ccncc1. The van der Waals surface area contributed by atoms with Crippen LogP contribution in [-0.4, -0.2) is 54.0 Å². The van der Waals surface area contributed by atoms with Crippen LogP contribution in [0.15, 0.2) is 42.7 Å². The van der Waals surface area contributed by atoms with Crippen molar-refractivity contribution in [1.82, 2.24) is 20.5 Å². The highest BCUT2D eigenvalue weighted by Crippen LogP contribution is 2.27. The third-order valence-corrected chi connectivity index (χ3v) is 5.52. The van der Waals surface area contributed by atoms with E-state index in [1.54, 1.807) is 30.3 Å². The summed E-state index contributed by atoms with van der Waals surface area (Å²) >= 11 is 12.1. The van der Waals surface area contributed by atoms with E-state index in [2.05, 4.69) is 20.5 Å². The molecule has 0 aliphatic carbocycles. The molecule has 2 aromatic rings. The van der Waals surface area contributed by atoms with Crippen LogP contribution in [0.5, 0.6) is 0 Å². The highest BCUT2D eigenvalue weighted by molar-refractivity contribution is 6.42. The Kier molecular flexibility index (Phi) is 7.17. The number of rotatable bonds is 5. The molecule has 0 spiro atoms. The van der Waals surface area contributed by atoms with Crippen molar-refractivity contribution >= 4 is 40.8 Å². The van der Waals surface area contributed by atoms with Gasteiger partial charge in [-0.3, -0.25) is 9.78 Å². The van der Waals surface area contributed by atoms with Crippen LogP contribution in [0, 0.1) is 0 Å². The summed E-state index contributed by atoms with van der Waals surface area (Å²) in [6, 6.07) is 8.30. The van der Waals surface area contributed by atoms with Crippen LogP contribution >= 0.6 is 23.2 Å². The van der Waals surface area contributed by atoms with E-state index in [4.69, 9.17) is 23.2 Å². The van der Waals surface area contributed by atoms with Crippen molar-refractivity contribution in [2.45, 2.75) is 19.5 Å². The molecular formula is C20H23Cl2N5O2. The molecule has 1 atom stereocenters. The molecule has 154 valence electrons. The van der Waals surface area contributed by atoms with Gasteiger partial charge in [-0.05, 0) is 42.8 Å². The van der Waals surface area contributed by atoms with Crippen molar-refractivity contribution in [3.05, 3.63) is 58.3 Å². The number of halogens is 2. The van der Waals surface area contributed by atoms with E-state index in [-0.39, 0.29) is 11.9 Å². The van der Waals surface area contributed by atoms with E-state index in [1.807, 2.05) is 24.3 Å². The largest absolute Gasteiger partial charge is 0.368 e. The predicted octanol–water partition coefficient (Wildman–Crippen LogP) is 2.92. The fraction of sp³-hybridized carbons (Fsp3) is 0.350. The Morgan fingerprint density at radius 3 is 2.41 bits per heavy atom. The van der Waals surface area contributed by atoms with Gasteiger partial charge in [0.15, 0.2) is 0 Å². The second kappa shape index (κ2) is 9.80. The molecular weight excluding hydrogens is 413 g/mol. The number of piperazine rings is 1. The van der Waals surface area contributed by atoms with Gasteiger partial charge in [0.25, 0.3) is 0 Å². The Morgan fingerprint density at radius 1 is 1.07 bits per heavy atom. The van der Waals surface area contributed by atoms with Crippen LogP contribution in [-0.2, 0) is 11.3 Å². The Labute approximate surface area is 180 Å². The number of hydrogen-bond acceptors (Lipinski definition) is 4. The fourth-order valence-electron chi connectivity index (χ4n) is 3.03. The lowest BCUT2D eigenvalue weighted by Gasteiger charge is -2.36. The minimum absolute atomic E-state index is 0.232. The van der Waals surface area contributed by atoms with Crippen LogP contribution in [0.4, 0.5) is 10.5 Å². The average molecular weight is 436 g/mol. The maximum Gasteiger partial charge on any atom is 0.318 e. The molecule has 3 amide bonds. The molecule has 29 heavy (non-hydrogen) atoms. The topological polar surface area (TPSA) is 77.6 Å². The quantitative estimate of drug-likeness (QED) is 0.756. The Morgan fingerprint density at radius 2 is 1.76 bits per heavy atom. The van der Waals surface area contributed by atoms with Gasteiger partial charge in [0.2, 0.25) is 5.91 Å². The predicted molar refractivity (Wildman–Crippen MR) is 114 cm³/mol. The molecule has 9 heteroatoms. The number of carbonyl (C=O) groups excluding carboxylic acids is 2. The maximum atomic E-state index is 12.5. The van der Waals surface area contributed by atoms with Crippen molar-refractivity contribution < 1.29 is 9.59 Å². The number of benzene rings is 1. The van der Waals surface area contributed by atoms with Gasteiger partial charge < -0.3 is 20.4 Å². The standard InChI is InChI=1S/C20H23Cl2N5O2/c1-14(19(28)24-13-15-4-6-23-7-5-15)25-20(29)27-10-8-26(9-11-27)16-2-3-17(21)18(22)12-16/h2-7,12,14H,8-11,13H2,1H3,(H,24,28)(H,25,29)/t14-/m0/s1. The van der Waals surface area contributed by atoms with E-state index in [1.165, 1.54) is 0 Å². The zero-order valence-electron chi connectivity index (χ0n) is 16.1. The third-order valence-electron chi connectivity index (χ3n) is 4.78. The first-order valence-electron chi connectivity index (χ1n) is 9.36. The van der Waals surface area contributed by atoms with Crippen LogP contribution in [0.3, 0.4) is 0 Å². The van der Waals surface area contributed by atoms with Gasteiger partial charge in [-0.2, -0.15) is 0 Å². The normalized spacial score (nSPS) is 15.0. The number of nitrogens with one attached hydrogen (secondary N) is 2. The molecule has 1 fully saturated rings. The number of hydrogen-bond donors (Lipinski definition) is 2. The Hall–Kier alpha value is -2.51. The molecule has 0 radical (unpaired) electrons. The zero-order chi connectivity index (χ0) is 20.8. The van der Waals surface area contributed by atoms with E-state index in [9.17, 15) is 9.59 Å². The van der Waals surface area contributed by atoms with Gasteiger partial charge in [-0.25, -0.2) is 4.79 Å². The fourth-order valence-corrected chi connectivity index (χ4v) is 3.33. The van der Waals surface area contributed by atoms with Crippen molar-refractivity contribution in [3.63, 3.8) is 0 Å². The van der Waals surface area contributed by atoms with Crippen molar-refractivity contribution in [2.24, 2.45) is 0 Å². The third kappa shape index (κ3) is 5.74. The second-order valence-electron chi connectivity index (χ2n) is 6.82. The van der Waals surface area contributed by atoms with Crippen molar-refractivity contribution in [3.8, 4) is 0 Å². The summed E-state index contributed by atoms with van der Waals surface area (Å²) in [5.74, 6) is -0.232. The van der Waals surface area contributed by atoms with Gasteiger partial charge in [0, 0.05) is 50.8 Å². The van der Waals surface area contributed by atoms with E-state index < -0.39 is 6.04 Å². The first-order valence-corrected chi connectivity index (χ1v) is 10.1. The molecule has 1 aromatic carbocycles. The van der Waals surface area contributed by atoms with Gasteiger partial charge in [-0.1, -0.05) is 23.2 Å². The van der Waals surface area contributed by atoms with Crippen LogP contribution < -0.4 is 15.5 Å². The maximum absolute atomic E-state index is 12.5. The lowest BCUT2D eigenvalue weighted by Crippen LogP contribution is -2.55. The van der Waals surface area contributed by atoms with Crippen LogP contribution in [0.1, 0.15) is 12.5 Å². The number of nitrogens with zero attached hydrogens (tertiary/aromatic N) is 3. The van der Waals surface area contributed by atoms with E-state index in [0.29, 0.717) is 42.8 Å². The number of aromatic nitrogens is 1. The molecule has 1 aliphatic heterocycles. The molecule has 1 aliphatic rings. The second-order valence-corrected chi connectivity index (χ2v) is 7.63. The minimum atomic E-state index is -0.627. The molecule has 1 aromatic heterocycles. The van der Waals surface area contributed by atoms with Gasteiger partial charge in [0.05, 0.1) is 10.0 Å². The molecule has 2 N–H and O–H groups in total. The number of urea groups is 1. The summed E-state index contributed by atoms with van der Waals surface area (Å²) in [6.45, 7) is 4.52. The number of amides is 3. The molecule has 1 saturated heterocycles. The zero-order valence-corrected chi connectivity index (χ0v) is 17.6. The van der Waals surface area contributed by atoms with Crippen molar-refractivity contribution in [2.75, 3.05) is 31.1 Å². The summed E-state index contributed by atoms with van der Waals surface area (Å²) in [6.07, 6.45) is 3.34. The minimum Gasteiger partial charge on any atom is -0.368 e. The van der Waals surface area contributed by atoms with Gasteiger partial charge in [0.1, 0.15) is 6.04 Å². The summed E-state index contributed by atoms with van der Waals surface area (Å²) in [4.78, 5) is 32.5. The smallest absolute Gasteiger partial charge is 0.318 e. The summed E-state index contributed by atoms with van der Waals surface area (Å²) in [5, 5.41) is 6.60. The number of pyridine rings is 1. The molecule has 0 saturated carbocycles.